The lowest BCUT2D eigenvalue weighted by molar-refractivity contribution is 0.414. The van der Waals surface area contributed by atoms with Crippen molar-refractivity contribution >= 4 is 0 Å². The van der Waals surface area contributed by atoms with Crippen molar-refractivity contribution in [1.82, 2.24) is 14.9 Å². The van der Waals surface area contributed by atoms with Crippen LogP contribution < -0.4 is 5.32 Å². The van der Waals surface area contributed by atoms with Crippen LogP contribution in [-0.4, -0.2) is 16.1 Å². The van der Waals surface area contributed by atoms with Gasteiger partial charge in [0.25, 0.3) is 0 Å². The van der Waals surface area contributed by atoms with Gasteiger partial charge in [-0.25, -0.2) is 4.98 Å². The van der Waals surface area contributed by atoms with Gasteiger partial charge >= 0.3 is 0 Å². The molecule has 1 aliphatic heterocycles. The third-order valence-corrected chi connectivity index (χ3v) is 4.83. The molecule has 1 N–H and O–H groups in total. The van der Waals surface area contributed by atoms with E-state index in [0.717, 1.165) is 25.0 Å². The van der Waals surface area contributed by atoms with E-state index in [2.05, 4.69) is 9.88 Å². The van der Waals surface area contributed by atoms with Crippen molar-refractivity contribution in [2.24, 2.45) is 0 Å². The highest BCUT2D eigenvalue weighted by Gasteiger charge is 2.33. The third kappa shape index (κ3) is 1.80. The van der Waals surface area contributed by atoms with E-state index in [9.17, 15) is 0 Å². The molecule has 2 saturated carbocycles. The Morgan fingerprint density at radius 3 is 2.67 bits per heavy atom. The van der Waals surface area contributed by atoms with Crippen LogP contribution in [0.5, 0.6) is 0 Å². The number of nitrogens with zero attached hydrogens (tertiary/aromatic N) is 2. The second kappa shape index (κ2) is 4.37. The molecular weight excluding hydrogens is 222 g/mol. The molecule has 3 heteroatoms. The van der Waals surface area contributed by atoms with Crippen LogP contribution in [0.4, 0.5) is 0 Å². The van der Waals surface area contributed by atoms with Crippen LogP contribution >= 0.6 is 0 Å². The van der Waals surface area contributed by atoms with E-state index >= 15 is 0 Å². The Bertz CT molecular complexity index is 439. The summed E-state index contributed by atoms with van der Waals surface area (Å²) >= 11 is 0. The number of rotatable bonds is 2. The van der Waals surface area contributed by atoms with Gasteiger partial charge in [0.15, 0.2) is 0 Å². The lowest BCUT2D eigenvalue weighted by atomic mass is 9.88. The minimum atomic E-state index is 0.755. The number of fused-ring (bicyclic) bond motifs is 1. The highest BCUT2D eigenvalue weighted by atomic mass is 15.2. The zero-order valence-corrected chi connectivity index (χ0v) is 11.1. The molecule has 0 atom stereocenters. The van der Waals surface area contributed by atoms with Crippen molar-refractivity contribution < 1.29 is 0 Å². The summed E-state index contributed by atoms with van der Waals surface area (Å²) in [5, 5.41) is 3.47. The van der Waals surface area contributed by atoms with E-state index in [0.29, 0.717) is 0 Å². The largest absolute Gasteiger partial charge is 0.328 e. The zero-order chi connectivity index (χ0) is 11.9. The van der Waals surface area contributed by atoms with E-state index in [4.69, 9.17) is 4.98 Å². The molecule has 2 fully saturated rings. The highest BCUT2D eigenvalue weighted by Crippen LogP contribution is 2.42. The fourth-order valence-corrected chi connectivity index (χ4v) is 3.74. The van der Waals surface area contributed by atoms with Gasteiger partial charge in [-0.2, -0.15) is 0 Å². The molecule has 0 amide bonds. The molecule has 0 radical (unpaired) electrons. The Morgan fingerprint density at radius 2 is 1.89 bits per heavy atom. The van der Waals surface area contributed by atoms with Crippen LogP contribution in [0, 0.1) is 0 Å². The van der Waals surface area contributed by atoms with Crippen molar-refractivity contribution in [2.45, 2.75) is 69.9 Å². The van der Waals surface area contributed by atoms with E-state index in [1.807, 2.05) is 0 Å². The molecule has 3 nitrogen and oxygen atoms in total. The van der Waals surface area contributed by atoms with Crippen molar-refractivity contribution in [1.29, 1.82) is 0 Å². The van der Waals surface area contributed by atoms with E-state index in [1.165, 1.54) is 62.9 Å². The summed E-state index contributed by atoms with van der Waals surface area (Å²) < 4.78 is 2.66. The normalized spacial score (nSPS) is 25.1. The maximum absolute atomic E-state index is 5.04. The molecule has 3 aliphatic rings. The van der Waals surface area contributed by atoms with Crippen molar-refractivity contribution in [3.63, 3.8) is 0 Å². The fraction of sp³-hybridized carbons (Fsp3) is 0.800. The molecule has 2 heterocycles. The van der Waals surface area contributed by atoms with Crippen LogP contribution in [0.25, 0.3) is 0 Å². The smallest absolute Gasteiger partial charge is 0.112 e. The number of imidazole rings is 1. The maximum Gasteiger partial charge on any atom is 0.112 e. The van der Waals surface area contributed by atoms with Crippen LogP contribution in [0.3, 0.4) is 0 Å². The predicted octanol–water partition coefficient (Wildman–Crippen LogP) is 2.91. The predicted molar refractivity (Wildman–Crippen MR) is 71.7 cm³/mol. The standard InChI is InChI=1S/C15H23N3/c1-2-4-11(5-3-1)15-17-13-10-16-9-8-14(13)18(15)12-6-7-12/h11-12,16H,1-10H2. The SMILES string of the molecule is C1CCC(c2nc3c(n2C2CC2)CCNC3)CC1. The molecule has 18 heavy (non-hydrogen) atoms. The van der Waals surface area contributed by atoms with Gasteiger partial charge in [-0.3, -0.25) is 0 Å². The summed E-state index contributed by atoms with van der Waals surface area (Å²) in [6.07, 6.45) is 10.9. The molecule has 1 aromatic rings. The van der Waals surface area contributed by atoms with Gasteiger partial charge in [0.2, 0.25) is 0 Å². The van der Waals surface area contributed by atoms with Gasteiger partial charge in [-0.15, -0.1) is 0 Å². The first-order valence-corrected chi connectivity index (χ1v) is 7.74. The average Bonchev–Trinajstić information content (AvgIpc) is 3.19. The first kappa shape index (κ1) is 11.0. The number of aromatic nitrogens is 2. The highest BCUT2D eigenvalue weighted by molar-refractivity contribution is 5.24. The van der Waals surface area contributed by atoms with Crippen LogP contribution in [-0.2, 0) is 13.0 Å². The molecule has 0 saturated heterocycles. The van der Waals surface area contributed by atoms with Crippen LogP contribution in [0.1, 0.15) is 74.1 Å². The van der Waals surface area contributed by atoms with Gasteiger partial charge < -0.3 is 9.88 Å². The summed E-state index contributed by atoms with van der Waals surface area (Å²) in [5.41, 5.74) is 2.92. The first-order valence-electron chi connectivity index (χ1n) is 7.74. The zero-order valence-electron chi connectivity index (χ0n) is 11.1. The maximum atomic E-state index is 5.04. The van der Waals surface area contributed by atoms with Gasteiger partial charge in [0, 0.05) is 37.2 Å². The Labute approximate surface area is 109 Å². The molecule has 98 valence electrons. The average molecular weight is 245 g/mol. The Kier molecular flexibility index (Phi) is 2.68. The lowest BCUT2D eigenvalue weighted by Crippen LogP contribution is -2.25. The minimum Gasteiger partial charge on any atom is -0.328 e. The topological polar surface area (TPSA) is 29.9 Å². The first-order chi connectivity index (χ1) is 8.93. The third-order valence-electron chi connectivity index (χ3n) is 4.83. The molecular formula is C15H23N3. The summed E-state index contributed by atoms with van der Waals surface area (Å²) in [6, 6.07) is 0.802. The molecule has 0 aromatic carbocycles. The van der Waals surface area contributed by atoms with Crippen LogP contribution in [0.2, 0.25) is 0 Å². The van der Waals surface area contributed by atoms with Gasteiger partial charge in [-0.1, -0.05) is 19.3 Å². The second-order valence-corrected chi connectivity index (χ2v) is 6.23. The van der Waals surface area contributed by atoms with E-state index < -0.39 is 0 Å². The van der Waals surface area contributed by atoms with Gasteiger partial charge in [0.1, 0.15) is 5.82 Å². The molecule has 2 aliphatic carbocycles. The van der Waals surface area contributed by atoms with Gasteiger partial charge in [-0.05, 0) is 25.7 Å². The molecule has 1 aromatic heterocycles. The van der Waals surface area contributed by atoms with E-state index in [1.54, 1.807) is 5.69 Å². The lowest BCUT2D eigenvalue weighted by Gasteiger charge is -2.23. The number of hydrogen-bond acceptors (Lipinski definition) is 2. The number of nitrogens with one attached hydrogen (secondary N) is 1. The Morgan fingerprint density at radius 1 is 1.06 bits per heavy atom. The summed E-state index contributed by atoms with van der Waals surface area (Å²) in [4.78, 5) is 5.04. The summed E-state index contributed by atoms with van der Waals surface area (Å²) in [5.74, 6) is 2.20. The molecule has 0 bridgehead atoms. The van der Waals surface area contributed by atoms with Crippen molar-refractivity contribution in [3.8, 4) is 0 Å². The van der Waals surface area contributed by atoms with E-state index in [-0.39, 0.29) is 0 Å². The second-order valence-electron chi connectivity index (χ2n) is 6.23. The molecule has 0 spiro atoms. The summed E-state index contributed by atoms with van der Waals surface area (Å²) in [6.45, 7) is 2.13. The van der Waals surface area contributed by atoms with Gasteiger partial charge in [0.05, 0.1) is 5.69 Å². The Balaban J connectivity index is 1.73. The Hall–Kier alpha value is -0.830. The quantitative estimate of drug-likeness (QED) is 0.868. The van der Waals surface area contributed by atoms with Crippen LogP contribution in [0.15, 0.2) is 0 Å². The molecule has 0 unspecified atom stereocenters. The van der Waals surface area contributed by atoms with Crippen molar-refractivity contribution in [2.75, 3.05) is 6.54 Å². The number of hydrogen-bond donors (Lipinski definition) is 1. The molecule has 4 rings (SSSR count). The monoisotopic (exact) mass is 245 g/mol. The fourth-order valence-electron chi connectivity index (χ4n) is 3.74. The minimum absolute atomic E-state index is 0.755. The van der Waals surface area contributed by atoms with Crippen molar-refractivity contribution in [3.05, 3.63) is 17.2 Å². The summed E-state index contributed by atoms with van der Waals surface area (Å²) in [7, 11) is 0.